The highest BCUT2D eigenvalue weighted by atomic mass is 16.6. The molecule has 1 saturated heterocycles. The van der Waals surface area contributed by atoms with Crippen LogP contribution in [0.1, 0.15) is 19.1 Å². The highest BCUT2D eigenvalue weighted by molar-refractivity contribution is 5.86. The molecule has 22 heavy (non-hydrogen) atoms. The topological polar surface area (TPSA) is 127 Å². The van der Waals surface area contributed by atoms with E-state index >= 15 is 0 Å². The third kappa shape index (κ3) is 1.72. The fourth-order valence-electron chi connectivity index (χ4n) is 3.39. The van der Waals surface area contributed by atoms with Gasteiger partial charge in [-0.2, -0.15) is 0 Å². The molecule has 2 fully saturated rings. The monoisotopic (exact) mass is 306 g/mol. The number of hydrogen-bond acceptors (Lipinski definition) is 7. The lowest BCUT2D eigenvalue weighted by molar-refractivity contribution is -0.121. The Hall–Kier alpha value is -1.74. The predicted octanol–water partition coefficient (Wildman–Crippen LogP) is -0.595. The van der Waals surface area contributed by atoms with Gasteiger partial charge in [-0.25, -0.2) is 9.97 Å². The van der Waals surface area contributed by atoms with E-state index in [1.165, 1.54) is 6.33 Å². The third-order valence-electron chi connectivity index (χ3n) is 4.73. The summed E-state index contributed by atoms with van der Waals surface area (Å²) in [5.74, 6) is 0.289. The van der Waals surface area contributed by atoms with Crippen LogP contribution in [0.2, 0.25) is 0 Å². The average molecular weight is 306 g/mol. The minimum Gasteiger partial charge on any atom is -0.394 e. The first-order chi connectivity index (χ1) is 10.6. The van der Waals surface area contributed by atoms with Gasteiger partial charge in [-0.15, -0.1) is 0 Å². The zero-order valence-electron chi connectivity index (χ0n) is 11.8. The van der Waals surface area contributed by atoms with Crippen molar-refractivity contribution in [2.75, 3.05) is 12.3 Å². The minimum atomic E-state index is -1.45. The Balaban J connectivity index is 1.84. The van der Waals surface area contributed by atoms with Crippen molar-refractivity contribution >= 4 is 16.9 Å². The van der Waals surface area contributed by atoms with Gasteiger partial charge >= 0.3 is 0 Å². The SMILES string of the molecule is Nc1ncnc2c1ccn2C1OC(CO)C(O)C1(O)C1CC1. The molecule has 4 unspecified atom stereocenters. The van der Waals surface area contributed by atoms with Gasteiger partial charge in [-0.1, -0.05) is 0 Å². The Labute approximate surface area is 126 Å². The summed E-state index contributed by atoms with van der Waals surface area (Å²) in [6.07, 6.45) is 1.90. The maximum Gasteiger partial charge on any atom is 0.167 e. The van der Waals surface area contributed by atoms with E-state index in [9.17, 15) is 15.3 Å². The van der Waals surface area contributed by atoms with Crippen LogP contribution >= 0.6 is 0 Å². The van der Waals surface area contributed by atoms with E-state index in [2.05, 4.69) is 9.97 Å². The van der Waals surface area contributed by atoms with E-state index < -0.39 is 24.0 Å². The number of nitrogen functional groups attached to an aromatic ring is 1. The smallest absolute Gasteiger partial charge is 0.167 e. The number of aliphatic hydroxyl groups excluding tert-OH is 2. The van der Waals surface area contributed by atoms with E-state index in [1.54, 1.807) is 16.8 Å². The van der Waals surface area contributed by atoms with Crippen molar-refractivity contribution in [2.45, 2.75) is 36.9 Å². The van der Waals surface area contributed by atoms with Gasteiger partial charge < -0.3 is 30.4 Å². The highest BCUT2D eigenvalue weighted by Gasteiger charge is 2.62. The number of aliphatic hydroxyl groups is 3. The molecule has 8 heteroatoms. The van der Waals surface area contributed by atoms with E-state index in [0.717, 1.165) is 12.8 Å². The number of nitrogens with two attached hydrogens (primary N) is 1. The van der Waals surface area contributed by atoms with Gasteiger partial charge in [0.1, 0.15) is 35.6 Å². The predicted molar refractivity (Wildman–Crippen MR) is 76.6 cm³/mol. The molecule has 118 valence electrons. The van der Waals surface area contributed by atoms with Gasteiger partial charge in [-0.05, 0) is 24.8 Å². The summed E-state index contributed by atoms with van der Waals surface area (Å²) in [6, 6.07) is 1.75. The van der Waals surface area contributed by atoms with Crippen LogP contribution in [0.15, 0.2) is 18.6 Å². The second-order valence-corrected chi connectivity index (χ2v) is 6.04. The number of ether oxygens (including phenoxy) is 1. The molecule has 3 heterocycles. The molecule has 0 amide bonds. The molecule has 0 radical (unpaired) electrons. The van der Waals surface area contributed by atoms with Crippen LogP contribution in [0.4, 0.5) is 5.82 Å². The van der Waals surface area contributed by atoms with Crippen molar-refractivity contribution in [3.05, 3.63) is 18.6 Å². The summed E-state index contributed by atoms with van der Waals surface area (Å²) in [7, 11) is 0. The largest absolute Gasteiger partial charge is 0.394 e. The molecule has 5 N–H and O–H groups in total. The van der Waals surface area contributed by atoms with Crippen LogP contribution in [-0.2, 0) is 4.74 Å². The average Bonchev–Trinajstić information content (AvgIpc) is 3.23. The molecule has 1 saturated carbocycles. The van der Waals surface area contributed by atoms with Crippen molar-refractivity contribution in [1.29, 1.82) is 0 Å². The quantitative estimate of drug-likeness (QED) is 0.596. The first kappa shape index (κ1) is 13.9. The number of rotatable bonds is 3. The summed E-state index contributed by atoms with van der Waals surface area (Å²) >= 11 is 0. The zero-order chi connectivity index (χ0) is 15.5. The number of anilines is 1. The van der Waals surface area contributed by atoms with Gasteiger partial charge in [0.15, 0.2) is 6.23 Å². The van der Waals surface area contributed by atoms with Crippen LogP contribution in [0, 0.1) is 5.92 Å². The lowest BCUT2D eigenvalue weighted by Crippen LogP contribution is -2.48. The normalized spacial score (nSPS) is 35.3. The maximum atomic E-state index is 11.1. The summed E-state index contributed by atoms with van der Waals surface area (Å²) in [5, 5.41) is 31.5. The van der Waals surface area contributed by atoms with Crippen LogP contribution < -0.4 is 5.73 Å². The lowest BCUT2D eigenvalue weighted by Gasteiger charge is -2.32. The molecule has 0 bridgehead atoms. The molecule has 4 rings (SSSR count). The van der Waals surface area contributed by atoms with Crippen LogP contribution in [0.25, 0.3) is 11.0 Å². The van der Waals surface area contributed by atoms with Crippen molar-refractivity contribution in [3.63, 3.8) is 0 Å². The van der Waals surface area contributed by atoms with Crippen LogP contribution in [0.3, 0.4) is 0 Å². The Morgan fingerprint density at radius 3 is 2.86 bits per heavy atom. The van der Waals surface area contributed by atoms with Gasteiger partial charge in [0.05, 0.1) is 12.0 Å². The summed E-state index contributed by atoms with van der Waals surface area (Å²) in [5.41, 5.74) is 4.92. The number of fused-ring (bicyclic) bond motifs is 1. The second-order valence-electron chi connectivity index (χ2n) is 6.04. The first-order valence-electron chi connectivity index (χ1n) is 7.31. The van der Waals surface area contributed by atoms with E-state index in [1.807, 2.05) is 0 Å². The minimum absolute atomic E-state index is 0.0549. The first-order valence-corrected chi connectivity index (χ1v) is 7.31. The van der Waals surface area contributed by atoms with Crippen LogP contribution in [0.5, 0.6) is 0 Å². The summed E-state index contributed by atoms with van der Waals surface area (Å²) in [4.78, 5) is 8.14. The van der Waals surface area contributed by atoms with Crippen molar-refractivity contribution in [2.24, 2.45) is 5.92 Å². The van der Waals surface area contributed by atoms with Crippen molar-refractivity contribution in [3.8, 4) is 0 Å². The molecule has 4 atom stereocenters. The van der Waals surface area contributed by atoms with Crippen LogP contribution in [-0.4, -0.2) is 54.3 Å². The van der Waals surface area contributed by atoms with Gasteiger partial charge in [0.2, 0.25) is 0 Å². The Kier molecular flexibility index (Phi) is 2.92. The molecule has 0 spiro atoms. The molecular formula is C14H18N4O4. The number of hydrogen-bond donors (Lipinski definition) is 4. The maximum absolute atomic E-state index is 11.1. The molecule has 1 aliphatic carbocycles. The zero-order valence-corrected chi connectivity index (χ0v) is 11.8. The molecule has 2 aliphatic rings. The highest BCUT2D eigenvalue weighted by Crippen LogP contribution is 2.53. The Morgan fingerprint density at radius 2 is 2.18 bits per heavy atom. The van der Waals surface area contributed by atoms with Gasteiger partial charge in [-0.3, -0.25) is 0 Å². The molecule has 8 nitrogen and oxygen atoms in total. The van der Waals surface area contributed by atoms with Crippen molar-refractivity contribution in [1.82, 2.24) is 14.5 Å². The fourth-order valence-corrected chi connectivity index (χ4v) is 3.39. The van der Waals surface area contributed by atoms with E-state index in [-0.39, 0.29) is 12.5 Å². The molecule has 1 aliphatic heterocycles. The van der Waals surface area contributed by atoms with Crippen molar-refractivity contribution < 1.29 is 20.1 Å². The van der Waals surface area contributed by atoms with Gasteiger partial charge in [0.25, 0.3) is 0 Å². The Bertz CT molecular complexity index is 716. The number of nitrogens with zero attached hydrogens (tertiary/aromatic N) is 3. The van der Waals surface area contributed by atoms with Gasteiger partial charge in [0, 0.05) is 6.20 Å². The molecule has 2 aromatic heterocycles. The molecule has 2 aromatic rings. The second kappa shape index (κ2) is 4.63. The summed E-state index contributed by atoms with van der Waals surface area (Å²) < 4.78 is 7.40. The van der Waals surface area contributed by atoms with E-state index in [4.69, 9.17) is 10.5 Å². The summed E-state index contributed by atoms with van der Waals surface area (Å²) in [6.45, 7) is -0.358. The lowest BCUT2D eigenvalue weighted by atomic mass is 9.89. The third-order valence-corrected chi connectivity index (χ3v) is 4.73. The molecule has 0 aromatic carbocycles. The fraction of sp³-hybridized carbons (Fsp3) is 0.571. The van der Waals surface area contributed by atoms with E-state index in [0.29, 0.717) is 16.9 Å². The molecular weight excluding hydrogens is 288 g/mol. The number of aromatic nitrogens is 3. The standard InChI is InChI=1S/C14H18N4O4/c15-11-8-3-4-18(12(8)17-6-16-11)13-14(21,7-1-2-7)10(20)9(5-19)22-13/h3-4,6-7,9-10,13,19-21H,1-2,5H2,(H2,15,16,17). The Morgan fingerprint density at radius 1 is 1.41 bits per heavy atom.